The molecule has 0 unspecified atom stereocenters. The molecule has 1 aliphatic carbocycles. The molecule has 1 N–H and O–H groups in total. The summed E-state index contributed by atoms with van der Waals surface area (Å²) >= 11 is 3.23. The Morgan fingerprint density at radius 2 is 1.94 bits per heavy atom. The second-order valence-electron chi connectivity index (χ2n) is 4.70. The van der Waals surface area contributed by atoms with Gasteiger partial charge in [0.05, 0.1) is 5.60 Å². The third-order valence-electron chi connectivity index (χ3n) is 3.32. The van der Waals surface area contributed by atoms with Gasteiger partial charge in [0.25, 0.3) is 0 Å². The topological polar surface area (TPSA) is 20.2 Å². The van der Waals surface area contributed by atoms with E-state index in [-0.39, 0.29) is 5.82 Å². The van der Waals surface area contributed by atoms with Crippen LogP contribution in [0.2, 0.25) is 0 Å². The van der Waals surface area contributed by atoms with Crippen molar-refractivity contribution in [1.82, 2.24) is 0 Å². The minimum Gasteiger partial charge on any atom is -0.390 e. The second-order valence-corrected chi connectivity index (χ2v) is 5.61. The van der Waals surface area contributed by atoms with E-state index >= 15 is 0 Å². The summed E-state index contributed by atoms with van der Waals surface area (Å²) in [7, 11) is 0. The zero-order valence-electron chi connectivity index (χ0n) is 9.18. The Morgan fingerprint density at radius 3 is 2.56 bits per heavy atom. The summed E-state index contributed by atoms with van der Waals surface area (Å²) in [5.41, 5.74) is -0.0694. The molecule has 2 rings (SSSR count). The average molecular weight is 287 g/mol. The highest BCUT2D eigenvalue weighted by Gasteiger charge is 2.30. The van der Waals surface area contributed by atoms with Crippen molar-refractivity contribution in [2.24, 2.45) is 0 Å². The van der Waals surface area contributed by atoms with E-state index in [1.807, 2.05) is 6.07 Å². The summed E-state index contributed by atoms with van der Waals surface area (Å²) in [5, 5.41) is 10.3. The van der Waals surface area contributed by atoms with Gasteiger partial charge in [0.2, 0.25) is 0 Å². The van der Waals surface area contributed by atoms with E-state index in [1.54, 1.807) is 6.07 Å². The summed E-state index contributed by atoms with van der Waals surface area (Å²) in [4.78, 5) is 0. The van der Waals surface area contributed by atoms with Crippen LogP contribution in [0.1, 0.15) is 37.7 Å². The van der Waals surface area contributed by atoms with Crippen molar-refractivity contribution in [1.29, 1.82) is 0 Å². The highest BCUT2D eigenvalue weighted by atomic mass is 79.9. The van der Waals surface area contributed by atoms with Crippen molar-refractivity contribution in [3.63, 3.8) is 0 Å². The summed E-state index contributed by atoms with van der Waals surface area (Å²) in [6.07, 6.45) is 5.31. The number of benzene rings is 1. The van der Waals surface area contributed by atoms with Crippen molar-refractivity contribution in [2.45, 2.75) is 44.1 Å². The van der Waals surface area contributed by atoms with Crippen molar-refractivity contribution in [3.05, 3.63) is 34.1 Å². The molecule has 0 spiro atoms. The second kappa shape index (κ2) is 4.84. The number of hydrogen-bond donors (Lipinski definition) is 1. The lowest BCUT2D eigenvalue weighted by Gasteiger charge is -2.32. The summed E-state index contributed by atoms with van der Waals surface area (Å²) in [6.45, 7) is 0. The molecule has 1 fully saturated rings. The van der Waals surface area contributed by atoms with Gasteiger partial charge in [-0.2, -0.15) is 0 Å². The van der Waals surface area contributed by atoms with Crippen LogP contribution in [-0.4, -0.2) is 10.7 Å². The van der Waals surface area contributed by atoms with Gasteiger partial charge in [0.15, 0.2) is 0 Å². The smallest absolute Gasteiger partial charge is 0.127 e. The van der Waals surface area contributed by atoms with Crippen molar-refractivity contribution >= 4 is 15.9 Å². The molecule has 0 heterocycles. The largest absolute Gasteiger partial charge is 0.390 e. The number of aliphatic hydroxyl groups is 1. The molecule has 0 aromatic heterocycles. The molecular weight excluding hydrogens is 271 g/mol. The molecule has 16 heavy (non-hydrogen) atoms. The van der Waals surface area contributed by atoms with Gasteiger partial charge in [0.1, 0.15) is 5.82 Å². The predicted molar refractivity (Wildman–Crippen MR) is 65.8 cm³/mol. The van der Waals surface area contributed by atoms with Crippen LogP contribution in [0.4, 0.5) is 4.39 Å². The Bertz CT molecular complexity index is 372. The molecular formula is C13H16BrFO. The van der Waals surface area contributed by atoms with Gasteiger partial charge in [-0.05, 0) is 30.5 Å². The SMILES string of the molecule is OC1(Cc2ccc(Br)cc2F)CCCCC1. The first-order chi connectivity index (χ1) is 7.59. The fraction of sp³-hybridized carbons (Fsp3) is 0.538. The van der Waals surface area contributed by atoms with Crippen LogP contribution < -0.4 is 0 Å². The lowest BCUT2D eigenvalue weighted by molar-refractivity contribution is 0.00379. The molecule has 1 aromatic rings. The zero-order chi connectivity index (χ0) is 11.6. The third kappa shape index (κ3) is 2.83. The molecule has 0 aliphatic heterocycles. The van der Waals surface area contributed by atoms with Gasteiger partial charge in [-0.1, -0.05) is 41.3 Å². The quantitative estimate of drug-likeness (QED) is 0.876. The highest BCUT2D eigenvalue weighted by molar-refractivity contribution is 9.10. The molecule has 1 aliphatic rings. The maximum absolute atomic E-state index is 13.6. The van der Waals surface area contributed by atoms with Crippen LogP contribution in [0.15, 0.2) is 22.7 Å². The van der Waals surface area contributed by atoms with E-state index < -0.39 is 5.60 Å². The molecule has 0 saturated heterocycles. The van der Waals surface area contributed by atoms with Crippen LogP contribution in [-0.2, 0) is 6.42 Å². The molecule has 1 nitrogen and oxygen atoms in total. The Morgan fingerprint density at radius 1 is 1.25 bits per heavy atom. The van der Waals surface area contributed by atoms with Gasteiger partial charge in [-0.15, -0.1) is 0 Å². The van der Waals surface area contributed by atoms with Crippen LogP contribution in [0.5, 0.6) is 0 Å². The average Bonchev–Trinajstić information content (AvgIpc) is 2.23. The first-order valence-corrected chi connectivity index (χ1v) is 6.55. The highest BCUT2D eigenvalue weighted by Crippen LogP contribution is 2.32. The fourth-order valence-electron chi connectivity index (χ4n) is 2.41. The van der Waals surface area contributed by atoms with E-state index in [0.717, 1.165) is 30.2 Å². The summed E-state index contributed by atoms with van der Waals surface area (Å²) < 4.78 is 14.4. The Balaban J connectivity index is 2.13. The van der Waals surface area contributed by atoms with Gasteiger partial charge in [-0.25, -0.2) is 4.39 Å². The normalized spacial score (nSPS) is 19.7. The lowest BCUT2D eigenvalue weighted by Crippen LogP contribution is -2.34. The third-order valence-corrected chi connectivity index (χ3v) is 3.81. The fourth-order valence-corrected chi connectivity index (χ4v) is 2.74. The first-order valence-electron chi connectivity index (χ1n) is 5.75. The predicted octanol–water partition coefficient (Wildman–Crippen LogP) is 3.83. The van der Waals surface area contributed by atoms with Gasteiger partial charge in [-0.3, -0.25) is 0 Å². The molecule has 0 atom stereocenters. The van der Waals surface area contributed by atoms with Crippen LogP contribution in [0.25, 0.3) is 0 Å². The summed E-state index contributed by atoms with van der Waals surface area (Å²) in [6, 6.07) is 5.04. The zero-order valence-corrected chi connectivity index (χ0v) is 10.8. The van der Waals surface area contributed by atoms with E-state index in [0.29, 0.717) is 12.0 Å². The Labute approximate surface area is 104 Å². The molecule has 1 aromatic carbocycles. The molecule has 1 saturated carbocycles. The Hall–Kier alpha value is -0.410. The molecule has 3 heteroatoms. The maximum Gasteiger partial charge on any atom is 0.127 e. The van der Waals surface area contributed by atoms with Crippen LogP contribution in [0, 0.1) is 5.82 Å². The van der Waals surface area contributed by atoms with Crippen molar-refractivity contribution < 1.29 is 9.50 Å². The van der Waals surface area contributed by atoms with Gasteiger partial charge >= 0.3 is 0 Å². The number of halogens is 2. The van der Waals surface area contributed by atoms with Gasteiger partial charge in [0, 0.05) is 10.9 Å². The minimum absolute atomic E-state index is 0.228. The standard InChI is InChI=1S/C13H16BrFO/c14-11-5-4-10(12(15)8-11)9-13(16)6-2-1-3-7-13/h4-5,8,16H,1-3,6-7,9H2. The van der Waals surface area contributed by atoms with E-state index in [4.69, 9.17) is 0 Å². The molecule has 0 radical (unpaired) electrons. The minimum atomic E-state index is -0.688. The van der Waals surface area contributed by atoms with E-state index in [2.05, 4.69) is 15.9 Å². The number of hydrogen-bond acceptors (Lipinski definition) is 1. The van der Waals surface area contributed by atoms with E-state index in [9.17, 15) is 9.50 Å². The van der Waals surface area contributed by atoms with Crippen LogP contribution >= 0.6 is 15.9 Å². The molecule has 0 bridgehead atoms. The summed E-state index contributed by atoms with van der Waals surface area (Å²) in [5.74, 6) is -0.228. The number of rotatable bonds is 2. The monoisotopic (exact) mass is 286 g/mol. The van der Waals surface area contributed by atoms with Crippen LogP contribution in [0.3, 0.4) is 0 Å². The van der Waals surface area contributed by atoms with Crippen molar-refractivity contribution in [2.75, 3.05) is 0 Å². The molecule has 88 valence electrons. The first kappa shape index (κ1) is 12.1. The maximum atomic E-state index is 13.6. The Kier molecular flexibility index (Phi) is 3.65. The van der Waals surface area contributed by atoms with Gasteiger partial charge < -0.3 is 5.11 Å². The van der Waals surface area contributed by atoms with E-state index in [1.165, 1.54) is 12.5 Å². The lowest BCUT2D eigenvalue weighted by atomic mass is 9.80. The van der Waals surface area contributed by atoms with Crippen molar-refractivity contribution in [3.8, 4) is 0 Å². The molecule has 0 amide bonds.